The molecule has 3 rings (SSSR count). The molecule has 2 N–H and O–H groups in total. The number of nitrogens with zero attached hydrogens (tertiary/aromatic N) is 1. The number of rotatable bonds is 6. The van der Waals surface area contributed by atoms with E-state index in [1.165, 1.54) is 37.9 Å². The summed E-state index contributed by atoms with van der Waals surface area (Å²) in [5.74, 6) is 2.60. The number of nitrogens with two attached hydrogens (primary N) is 1. The molecule has 1 unspecified atom stereocenters. The summed E-state index contributed by atoms with van der Waals surface area (Å²) < 4.78 is 6.00. The highest BCUT2D eigenvalue weighted by Crippen LogP contribution is 2.44. The molecule has 2 aliphatic rings. The Morgan fingerprint density at radius 3 is 2.85 bits per heavy atom. The largest absolute Gasteiger partial charge is 0.493 e. The molecule has 1 aliphatic carbocycles. The molecule has 1 saturated heterocycles. The van der Waals surface area contributed by atoms with Crippen molar-refractivity contribution in [3.63, 3.8) is 0 Å². The third-order valence-electron chi connectivity index (χ3n) is 4.44. The molecule has 1 saturated carbocycles. The van der Waals surface area contributed by atoms with Gasteiger partial charge in [-0.25, -0.2) is 0 Å². The molecular weight excluding hydrogens is 248 g/mol. The fraction of sp³-hybridized carbons (Fsp3) is 0.647. The minimum atomic E-state index is 0.713. The summed E-state index contributed by atoms with van der Waals surface area (Å²) in [7, 11) is 0. The van der Waals surface area contributed by atoms with Crippen LogP contribution in [0, 0.1) is 5.92 Å². The molecule has 1 aromatic rings. The molecule has 3 heteroatoms. The average molecular weight is 274 g/mol. The molecule has 20 heavy (non-hydrogen) atoms. The van der Waals surface area contributed by atoms with Crippen molar-refractivity contribution in [1.82, 2.24) is 4.90 Å². The van der Waals surface area contributed by atoms with Crippen LogP contribution < -0.4 is 10.5 Å². The van der Waals surface area contributed by atoms with Crippen LogP contribution in [0.3, 0.4) is 0 Å². The van der Waals surface area contributed by atoms with E-state index in [0.717, 1.165) is 36.9 Å². The smallest absolute Gasteiger partial charge is 0.124 e. The number of nitrogen functional groups attached to an aromatic ring is 1. The van der Waals surface area contributed by atoms with Crippen molar-refractivity contribution < 1.29 is 4.74 Å². The van der Waals surface area contributed by atoms with Crippen molar-refractivity contribution in [2.75, 3.05) is 32.0 Å². The summed E-state index contributed by atoms with van der Waals surface area (Å²) in [5, 5.41) is 0. The van der Waals surface area contributed by atoms with E-state index >= 15 is 0 Å². The Labute approximate surface area is 122 Å². The molecule has 0 amide bonds. The maximum absolute atomic E-state index is 6.00. The van der Waals surface area contributed by atoms with Gasteiger partial charge < -0.3 is 15.4 Å². The highest BCUT2D eigenvalue weighted by Gasteiger charge is 2.26. The minimum absolute atomic E-state index is 0.713. The standard InChI is InChI=1S/C17H26N2O/c1-13-7-9-19(12-13)8-2-10-20-17-11-15(18)5-6-16(17)14-3-4-14/h5-6,11,13-14H,2-4,7-10,12,18H2,1H3. The zero-order chi connectivity index (χ0) is 13.9. The Morgan fingerprint density at radius 2 is 2.15 bits per heavy atom. The maximum atomic E-state index is 6.00. The zero-order valence-corrected chi connectivity index (χ0v) is 12.5. The average Bonchev–Trinajstić information content (AvgIpc) is 3.18. The summed E-state index contributed by atoms with van der Waals surface area (Å²) in [6.07, 6.45) is 5.05. The normalized spacial score (nSPS) is 23.1. The lowest BCUT2D eigenvalue weighted by Gasteiger charge is -2.16. The predicted octanol–water partition coefficient (Wildman–Crippen LogP) is 3.26. The molecule has 1 aliphatic heterocycles. The van der Waals surface area contributed by atoms with Gasteiger partial charge in [0.2, 0.25) is 0 Å². The second-order valence-electron chi connectivity index (χ2n) is 6.47. The summed E-state index contributed by atoms with van der Waals surface area (Å²) in [4.78, 5) is 2.55. The van der Waals surface area contributed by atoms with E-state index in [1.807, 2.05) is 12.1 Å². The van der Waals surface area contributed by atoms with Gasteiger partial charge in [-0.05, 0) is 55.7 Å². The molecule has 1 heterocycles. The number of hydrogen-bond donors (Lipinski definition) is 1. The van der Waals surface area contributed by atoms with Crippen LogP contribution in [0.1, 0.15) is 44.1 Å². The first-order valence-electron chi connectivity index (χ1n) is 7.97. The molecular formula is C17H26N2O. The van der Waals surface area contributed by atoms with Gasteiger partial charge in [0.25, 0.3) is 0 Å². The highest BCUT2D eigenvalue weighted by molar-refractivity contribution is 5.50. The lowest BCUT2D eigenvalue weighted by atomic mass is 10.1. The molecule has 2 fully saturated rings. The monoisotopic (exact) mass is 274 g/mol. The number of ether oxygens (including phenoxy) is 1. The molecule has 0 radical (unpaired) electrons. The molecule has 1 atom stereocenters. The topological polar surface area (TPSA) is 38.5 Å². The Bertz CT molecular complexity index is 456. The maximum Gasteiger partial charge on any atom is 0.124 e. The van der Waals surface area contributed by atoms with E-state index in [4.69, 9.17) is 10.5 Å². The van der Waals surface area contributed by atoms with Gasteiger partial charge in [-0.15, -0.1) is 0 Å². The Morgan fingerprint density at radius 1 is 1.30 bits per heavy atom. The lowest BCUT2D eigenvalue weighted by molar-refractivity contribution is 0.258. The van der Waals surface area contributed by atoms with Crippen LogP contribution >= 0.6 is 0 Å². The third kappa shape index (κ3) is 3.45. The van der Waals surface area contributed by atoms with Gasteiger partial charge in [0.1, 0.15) is 5.75 Å². The van der Waals surface area contributed by atoms with Crippen molar-refractivity contribution in [2.45, 2.75) is 38.5 Å². The Hall–Kier alpha value is -1.22. The third-order valence-corrected chi connectivity index (χ3v) is 4.44. The van der Waals surface area contributed by atoms with Gasteiger partial charge in [0.05, 0.1) is 6.61 Å². The van der Waals surface area contributed by atoms with E-state index < -0.39 is 0 Å². The second-order valence-corrected chi connectivity index (χ2v) is 6.47. The lowest BCUT2D eigenvalue weighted by Crippen LogP contribution is -2.23. The van der Waals surface area contributed by atoms with Gasteiger partial charge in [-0.1, -0.05) is 13.0 Å². The SMILES string of the molecule is CC1CCN(CCCOc2cc(N)ccc2C2CC2)C1. The number of likely N-dealkylation sites (tertiary alicyclic amines) is 1. The van der Waals surface area contributed by atoms with E-state index in [0.29, 0.717) is 5.92 Å². The first-order chi connectivity index (χ1) is 9.72. The molecule has 0 spiro atoms. The first kappa shape index (κ1) is 13.7. The van der Waals surface area contributed by atoms with E-state index in [2.05, 4.69) is 17.9 Å². The van der Waals surface area contributed by atoms with Gasteiger partial charge in [-0.2, -0.15) is 0 Å². The first-order valence-corrected chi connectivity index (χ1v) is 7.97. The molecule has 3 nitrogen and oxygen atoms in total. The predicted molar refractivity (Wildman–Crippen MR) is 83.2 cm³/mol. The van der Waals surface area contributed by atoms with Crippen molar-refractivity contribution in [2.24, 2.45) is 5.92 Å². The van der Waals surface area contributed by atoms with E-state index in [9.17, 15) is 0 Å². The molecule has 0 bridgehead atoms. The number of anilines is 1. The zero-order valence-electron chi connectivity index (χ0n) is 12.5. The van der Waals surface area contributed by atoms with E-state index in [-0.39, 0.29) is 0 Å². The van der Waals surface area contributed by atoms with E-state index in [1.54, 1.807) is 0 Å². The van der Waals surface area contributed by atoms with Crippen molar-refractivity contribution in [3.05, 3.63) is 23.8 Å². The van der Waals surface area contributed by atoms with Crippen LogP contribution in [0.25, 0.3) is 0 Å². The van der Waals surface area contributed by atoms with Crippen LogP contribution in [-0.4, -0.2) is 31.1 Å². The summed E-state index contributed by atoms with van der Waals surface area (Å²) in [6.45, 7) is 6.81. The van der Waals surface area contributed by atoms with Crippen LogP contribution in [0.15, 0.2) is 18.2 Å². The van der Waals surface area contributed by atoms with Gasteiger partial charge >= 0.3 is 0 Å². The molecule has 1 aromatic carbocycles. The van der Waals surface area contributed by atoms with Gasteiger partial charge in [0.15, 0.2) is 0 Å². The van der Waals surface area contributed by atoms with Crippen molar-refractivity contribution in [3.8, 4) is 5.75 Å². The van der Waals surface area contributed by atoms with Crippen LogP contribution in [0.4, 0.5) is 5.69 Å². The summed E-state index contributed by atoms with van der Waals surface area (Å²) in [5.41, 5.74) is 8.04. The number of hydrogen-bond acceptors (Lipinski definition) is 3. The second kappa shape index (κ2) is 6.04. The minimum Gasteiger partial charge on any atom is -0.493 e. The van der Waals surface area contributed by atoms with Crippen LogP contribution in [0.5, 0.6) is 5.75 Å². The van der Waals surface area contributed by atoms with Crippen molar-refractivity contribution in [1.29, 1.82) is 0 Å². The fourth-order valence-electron chi connectivity index (χ4n) is 3.11. The quantitative estimate of drug-likeness (QED) is 0.639. The van der Waals surface area contributed by atoms with Crippen molar-refractivity contribution >= 4 is 5.69 Å². The highest BCUT2D eigenvalue weighted by atomic mass is 16.5. The molecule has 0 aromatic heterocycles. The van der Waals surface area contributed by atoms with Gasteiger partial charge in [0, 0.05) is 24.8 Å². The molecule has 110 valence electrons. The van der Waals surface area contributed by atoms with Gasteiger partial charge in [-0.3, -0.25) is 0 Å². The van der Waals surface area contributed by atoms with Crippen LogP contribution in [-0.2, 0) is 0 Å². The summed E-state index contributed by atoms with van der Waals surface area (Å²) >= 11 is 0. The summed E-state index contributed by atoms with van der Waals surface area (Å²) in [6, 6.07) is 6.13. The fourth-order valence-corrected chi connectivity index (χ4v) is 3.11. The van der Waals surface area contributed by atoms with Crippen LogP contribution in [0.2, 0.25) is 0 Å². The number of benzene rings is 1. The Kier molecular flexibility index (Phi) is 4.16. The Balaban J connectivity index is 1.47.